The molecular formula is C9H14BN2O2S. The minimum absolute atomic E-state index is 0. The molecule has 3 radical (unpaired) electrons. The summed E-state index contributed by atoms with van der Waals surface area (Å²) in [5.74, 6) is 0.0213. The van der Waals surface area contributed by atoms with Gasteiger partial charge in [0.15, 0.2) is 0 Å². The minimum Gasteiger partial charge on any atom is -0.388 e. The Morgan fingerprint density at radius 1 is 1.13 bits per heavy atom. The first-order chi connectivity index (χ1) is 6.57. The van der Waals surface area contributed by atoms with E-state index in [1.165, 1.54) is 7.05 Å². The van der Waals surface area contributed by atoms with Gasteiger partial charge in [0.05, 0.1) is 5.75 Å². The van der Waals surface area contributed by atoms with Crippen LogP contribution in [-0.4, -0.2) is 30.9 Å². The molecule has 1 aromatic carbocycles. The molecular weight excluding hydrogens is 211 g/mol. The van der Waals surface area contributed by atoms with Gasteiger partial charge in [0.25, 0.3) is 0 Å². The van der Waals surface area contributed by atoms with E-state index in [0.29, 0.717) is 0 Å². The van der Waals surface area contributed by atoms with Crippen LogP contribution in [0.5, 0.6) is 0 Å². The number of nitrogens with one attached hydrogen (secondary N) is 2. The normalized spacial score (nSPS) is 10.5. The number of rotatable bonds is 4. The molecule has 0 atom stereocenters. The topological polar surface area (TPSA) is 58.2 Å². The van der Waals surface area contributed by atoms with E-state index in [9.17, 15) is 8.42 Å². The highest BCUT2D eigenvalue weighted by molar-refractivity contribution is 7.88. The van der Waals surface area contributed by atoms with Crippen molar-refractivity contribution >= 4 is 24.1 Å². The van der Waals surface area contributed by atoms with Gasteiger partial charge in [-0.1, -0.05) is 12.1 Å². The van der Waals surface area contributed by atoms with E-state index in [-0.39, 0.29) is 14.2 Å². The van der Waals surface area contributed by atoms with Crippen LogP contribution in [0.3, 0.4) is 0 Å². The Balaban J connectivity index is 0.00000196. The lowest BCUT2D eigenvalue weighted by Crippen LogP contribution is -2.20. The van der Waals surface area contributed by atoms with Crippen LogP contribution >= 0.6 is 0 Å². The molecule has 0 aliphatic carbocycles. The van der Waals surface area contributed by atoms with Gasteiger partial charge < -0.3 is 5.32 Å². The van der Waals surface area contributed by atoms with Gasteiger partial charge in [-0.25, -0.2) is 13.1 Å². The molecule has 15 heavy (non-hydrogen) atoms. The van der Waals surface area contributed by atoms with E-state index in [1.807, 2.05) is 19.2 Å². The van der Waals surface area contributed by atoms with E-state index in [0.717, 1.165) is 11.3 Å². The van der Waals surface area contributed by atoms with Crippen molar-refractivity contribution in [3.05, 3.63) is 29.8 Å². The lowest BCUT2D eigenvalue weighted by atomic mass is 10.2. The molecule has 2 N–H and O–H groups in total. The highest BCUT2D eigenvalue weighted by atomic mass is 32.2. The van der Waals surface area contributed by atoms with Gasteiger partial charge in [-0.05, 0) is 24.7 Å². The summed E-state index contributed by atoms with van der Waals surface area (Å²) in [6.07, 6.45) is 0. The maximum absolute atomic E-state index is 11.2. The van der Waals surface area contributed by atoms with Crippen molar-refractivity contribution < 1.29 is 8.42 Å². The molecule has 1 aromatic rings. The third kappa shape index (κ3) is 4.35. The number of benzene rings is 1. The van der Waals surface area contributed by atoms with Crippen molar-refractivity contribution in [2.24, 2.45) is 0 Å². The van der Waals surface area contributed by atoms with Crippen LogP contribution in [0, 0.1) is 0 Å². The molecule has 0 saturated carbocycles. The monoisotopic (exact) mass is 225 g/mol. The number of hydrogen-bond acceptors (Lipinski definition) is 3. The standard InChI is InChI=1S/C9H14N2O2S.B/c1-10-9-5-3-8(4-6-9)7-14(12,13)11-2;/h3-6,10-11H,7H2,1-2H3;. The van der Waals surface area contributed by atoms with Gasteiger partial charge in [-0.2, -0.15) is 0 Å². The summed E-state index contributed by atoms with van der Waals surface area (Å²) in [5, 5.41) is 2.97. The largest absolute Gasteiger partial charge is 0.388 e. The molecule has 1 rings (SSSR count). The summed E-state index contributed by atoms with van der Waals surface area (Å²) in [6.45, 7) is 0. The fourth-order valence-electron chi connectivity index (χ4n) is 1.06. The van der Waals surface area contributed by atoms with E-state index in [1.54, 1.807) is 12.1 Å². The zero-order valence-corrected chi connectivity index (χ0v) is 9.64. The molecule has 6 heteroatoms. The van der Waals surface area contributed by atoms with Crippen LogP contribution in [0.25, 0.3) is 0 Å². The van der Waals surface area contributed by atoms with Crippen molar-refractivity contribution in [1.82, 2.24) is 4.72 Å². The summed E-state index contributed by atoms with van der Waals surface area (Å²) in [4.78, 5) is 0. The quantitative estimate of drug-likeness (QED) is 0.729. The van der Waals surface area contributed by atoms with Gasteiger partial charge in [0.1, 0.15) is 0 Å². The number of hydrogen-bond donors (Lipinski definition) is 2. The Kier molecular flexibility index (Phi) is 5.39. The lowest BCUT2D eigenvalue weighted by Gasteiger charge is -2.04. The lowest BCUT2D eigenvalue weighted by molar-refractivity contribution is 0.587. The molecule has 0 aliphatic rings. The number of anilines is 1. The van der Waals surface area contributed by atoms with Crippen molar-refractivity contribution in [3.8, 4) is 0 Å². The van der Waals surface area contributed by atoms with Crippen molar-refractivity contribution in [2.45, 2.75) is 5.75 Å². The maximum Gasteiger partial charge on any atom is 0.215 e. The fraction of sp³-hybridized carbons (Fsp3) is 0.333. The smallest absolute Gasteiger partial charge is 0.215 e. The molecule has 0 amide bonds. The zero-order chi connectivity index (χ0) is 10.6. The van der Waals surface area contributed by atoms with Gasteiger partial charge in [-0.15, -0.1) is 0 Å². The van der Waals surface area contributed by atoms with E-state index in [2.05, 4.69) is 10.0 Å². The summed E-state index contributed by atoms with van der Waals surface area (Å²) < 4.78 is 24.7. The molecule has 0 unspecified atom stereocenters. The van der Waals surface area contributed by atoms with Crippen LogP contribution in [0.15, 0.2) is 24.3 Å². The van der Waals surface area contributed by atoms with E-state index >= 15 is 0 Å². The van der Waals surface area contributed by atoms with Crippen LogP contribution < -0.4 is 10.0 Å². The predicted octanol–water partition coefficient (Wildman–Crippen LogP) is 0.397. The molecule has 0 bridgehead atoms. The molecule has 0 saturated heterocycles. The van der Waals surface area contributed by atoms with Crippen molar-refractivity contribution in [2.75, 3.05) is 19.4 Å². The second-order valence-electron chi connectivity index (χ2n) is 2.91. The van der Waals surface area contributed by atoms with Gasteiger partial charge >= 0.3 is 0 Å². The minimum atomic E-state index is -3.16. The SMILES string of the molecule is CNc1ccc(CS(=O)(=O)NC)cc1.[B]. The first-order valence-electron chi connectivity index (χ1n) is 4.25. The molecule has 0 aromatic heterocycles. The van der Waals surface area contributed by atoms with E-state index in [4.69, 9.17) is 0 Å². The molecule has 0 fully saturated rings. The van der Waals surface area contributed by atoms with Crippen LogP contribution in [-0.2, 0) is 15.8 Å². The van der Waals surface area contributed by atoms with Gasteiger partial charge in [0.2, 0.25) is 10.0 Å². The summed E-state index contributed by atoms with van der Waals surface area (Å²) in [7, 11) is 0.0703. The van der Waals surface area contributed by atoms with Crippen molar-refractivity contribution in [3.63, 3.8) is 0 Å². The average Bonchev–Trinajstić information content (AvgIpc) is 2.19. The summed E-state index contributed by atoms with van der Waals surface area (Å²) >= 11 is 0. The Morgan fingerprint density at radius 2 is 1.67 bits per heavy atom. The molecule has 4 nitrogen and oxygen atoms in total. The molecule has 81 valence electrons. The zero-order valence-electron chi connectivity index (χ0n) is 8.82. The van der Waals surface area contributed by atoms with Gasteiger partial charge in [-0.3, -0.25) is 0 Å². The third-order valence-corrected chi connectivity index (χ3v) is 3.25. The molecule has 0 aliphatic heterocycles. The second kappa shape index (κ2) is 5.77. The first-order valence-corrected chi connectivity index (χ1v) is 5.90. The van der Waals surface area contributed by atoms with Gasteiger partial charge in [0, 0.05) is 21.1 Å². The highest BCUT2D eigenvalue weighted by Gasteiger charge is 2.07. The highest BCUT2D eigenvalue weighted by Crippen LogP contribution is 2.10. The first kappa shape index (κ1) is 14.0. The second-order valence-corrected chi connectivity index (χ2v) is 4.84. The van der Waals surface area contributed by atoms with Crippen molar-refractivity contribution in [1.29, 1.82) is 0 Å². The average molecular weight is 225 g/mol. The summed E-state index contributed by atoms with van der Waals surface area (Å²) in [6, 6.07) is 7.28. The Bertz CT molecular complexity index is 389. The van der Waals surface area contributed by atoms with Crippen LogP contribution in [0.4, 0.5) is 5.69 Å². The molecule has 0 spiro atoms. The Hall–Kier alpha value is -1.01. The van der Waals surface area contributed by atoms with Crippen LogP contribution in [0.2, 0.25) is 0 Å². The van der Waals surface area contributed by atoms with Crippen LogP contribution in [0.1, 0.15) is 5.56 Å². The molecule has 0 heterocycles. The van der Waals surface area contributed by atoms with E-state index < -0.39 is 10.0 Å². The summed E-state index contributed by atoms with van der Waals surface area (Å²) in [5.41, 5.74) is 1.74. The Labute approximate surface area is 92.7 Å². The fourth-order valence-corrected chi connectivity index (χ4v) is 1.83. The third-order valence-electron chi connectivity index (χ3n) is 1.91. The number of sulfonamides is 1. The maximum atomic E-state index is 11.2. The predicted molar refractivity (Wildman–Crippen MR) is 63.4 cm³/mol. The Morgan fingerprint density at radius 3 is 2.07 bits per heavy atom.